The van der Waals surface area contributed by atoms with Crippen LogP contribution in [0.1, 0.15) is 28.5 Å². The number of halogens is 1. The van der Waals surface area contributed by atoms with Crippen molar-refractivity contribution in [3.63, 3.8) is 0 Å². The maximum Gasteiger partial charge on any atom is 0.0900 e. The molecule has 0 amide bonds. The molecular weight excluding hydrogens is 344 g/mol. The SMILES string of the molecule is Cc1nc(C)c(C(C)Nc2ccc(Br)c3ccccc23)s1. The van der Waals surface area contributed by atoms with E-state index in [0.717, 1.165) is 20.9 Å². The van der Waals surface area contributed by atoms with Gasteiger partial charge < -0.3 is 5.32 Å². The van der Waals surface area contributed by atoms with Gasteiger partial charge in [0.05, 0.1) is 16.7 Å². The highest BCUT2D eigenvalue weighted by atomic mass is 79.9. The zero-order chi connectivity index (χ0) is 15.0. The number of hydrogen-bond donors (Lipinski definition) is 1. The third-order valence-corrected chi connectivity index (χ3v) is 5.52. The number of anilines is 1. The second-order valence-corrected chi connectivity index (χ2v) is 7.28. The van der Waals surface area contributed by atoms with Crippen molar-refractivity contribution in [3.05, 3.63) is 56.4 Å². The van der Waals surface area contributed by atoms with Crippen LogP contribution in [0.25, 0.3) is 10.8 Å². The molecule has 21 heavy (non-hydrogen) atoms. The Balaban J connectivity index is 1.99. The van der Waals surface area contributed by atoms with E-state index in [2.05, 4.69) is 83.4 Å². The summed E-state index contributed by atoms with van der Waals surface area (Å²) in [6.45, 7) is 6.33. The van der Waals surface area contributed by atoms with E-state index in [1.807, 2.05) is 0 Å². The van der Waals surface area contributed by atoms with E-state index < -0.39 is 0 Å². The van der Waals surface area contributed by atoms with Gasteiger partial charge in [-0.15, -0.1) is 11.3 Å². The van der Waals surface area contributed by atoms with Gasteiger partial charge in [0.1, 0.15) is 0 Å². The molecule has 3 aromatic rings. The lowest BCUT2D eigenvalue weighted by molar-refractivity contribution is 0.892. The molecular formula is C17H17BrN2S. The van der Waals surface area contributed by atoms with Crippen molar-refractivity contribution in [3.8, 4) is 0 Å². The quantitative estimate of drug-likeness (QED) is 0.633. The van der Waals surface area contributed by atoms with Crippen LogP contribution in [-0.2, 0) is 0 Å². The van der Waals surface area contributed by atoms with Crippen LogP contribution in [-0.4, -0.2) is 4.98 Å². The van der Waals surface area contributed by atoms with Crippen molar-refractivity contribution < 1.29 is 0 Å². The highest BCUT2D eigenvalue weighted by Crippen LogP contribution is 2.33. The Kier molecular flexibility index (Phi) is 4.00. The predicted octanol–water partition coefficient (Wildman–Crippen LogP) is 5.85. The maximum atomic E-state index is 4.52. The van der Waals surface area contributed by atoms with Gasteiger partial charge in [0.15, 0.2) is 0 Å². The normalized spacial score (nSPS) is 12.6. The summed E-state index contributed by atoms with van der Waals surface area (Å²) in [7, 11) is 0. The minimum absolute atomic E-state index is 0.251. The van der Waals surface area contributed by atoms with Crippen LogP contribution in [0, 0.1) is 13.8 Å². The van der Waals surface area contributed by atoms with Gasteiger partial charge in [-0.1, -0.05) is 40.2 Å². The molecule has 4 heteroatoms. The molecule has 0 aliphatic carbocycles. The summed E-state index contributed by atoms with van der Waals surface area (Å²) in [6, 6.07) is 12.9. The molecule has 0 fully saturated rings. The zero-order valence-corrected chi connectivity index (χ0v) is 14.7. The van der Waals surface area contributed by atoms with E-state index in [9.17, 15) is 0 Å². The van der Waals surface area contributed by atoms with Crippen LogP contribution >= 0.6 is 27.3 Å². The molecule has 0 saturated carbocycles. The van der Waals surface area contributed by atoms with Gasteiger partial charge in [0, 0.05) is 20.4 Å². The molecule has 0 aliphatic heterocycles. The van der Waals surface area contributed by atoms with Crippen LogP contribution in [0.3, 0.4) is 0 Å². The first-order valence-corrected chi connectivity index (χ1v) is 8.55. The lowest BCUT2D eigenvalue weighted by Gasteiger charge is -2.17. The Bertz CT molecular complexity index is 795. The molecule has 1 N–H and O–H groups in total. The average Bonchev–Trinajstić information content (AvgIpc) is 2.81. The highest BCUT2D eigenvalue weighted by molar-refractivity contribution is 9.10. The molecule has 108 valence electrons. The first-order chi connectivity index (χ1) is 10.1. The number of aromatic nitrogens is 1. The largest absolute Gasteiger partial charge is 0.377 e. The summed E-state index contributed by atoms with van der Waals surface area (Å²) in [5, 5.41) is 7.22. The first kappa shape index (κ1) is 14.5. The molecule has 0 bridgehead atoms. The summed E-state index contributed by atoms with van der Waals surface area (Å²) in [6.07, 6.45) is 0. The van der Waals surface area contributed by atoms with Gasteiger partial charge in [0.25, 0.3) is 0 Å². The summed E-state index contributed by atoms with van der Waals surface area (Å²) < 4.78 is 1.13. The molecule has 0 aliphatic rings. The number of hydrogen-bond acceptors (Lipinski definition) is 3. The molecule has 1 atom stereocenters. The second kappa shape index (κ2) is 5.78. The van der Waals surface area contributed by atoms with E-state index in [1.165, 1.54) is 15.6 Å². The molecule has 1 heterocycles. The van der Waals surface area contributed by atoms with Crippen molar-refractivity contribution in [2.75, 3.05) is 5.32 Å². The van der Waals surface area contributed by atoms with Gasteiger partial charge in [0.2, 0.25) is 0 Å². The van der Waals surface area contributed by atoms with Crippen molar-refractivity contribution in [2.24, 2.45) is 0 Å². The van der Waals surface area contributed by atoms with Gasteiger partial charge in [-0.3, -0.25) is 0 Å². The van der Waals surface area contributed by atoms with Crippen LogP contribution in [0.2, 0.25) is 0 Å². The number of nitrogens with zero attached hydrogens (tertiary/aromatic N) is 1. The Morgan fingerprint density at radius 2 is 1.81 bits per heavy atom. The topological polar surface area (TPSA) is 24.9 Å². The lowest BCUT2D eigenvalue weighted by Crippen LogP contribution is -2.06. The average molecular weight is 361 g/mol. The standard InChI is InChI=1S/C17H17BrN2S/c1-10-17(21-12(3)19-10)11(2)20-16-9-8-15(18)13-6-4-5-7-14(13)16/h4-9,11,20H,1-3H3. The minimum atomic E-state index is 0.251. The number of nitrogens with one attached hydrogen (secondary N) is 1. The zero-order valence-electron chi connectivity index (χ0n) is 12.3. The predicted molar refractivity (Wildman–Crippen MR) is 95.3 cm³/mol. The molecule has 0 spiro atoms. The monoisotopic (exact) mass is 360 g/mol. The van der Waals surface area contributed by atoms with Crippen molar-refractivity contribution in [1.29, 1.82) is 0 Å². The van der Waals surface area contributed by atoms with E-state index >= 15 is 0 Å². The third kappa shape index (κ3) is 2.83. The third-order valence-electron chi connectivity index (χ3n) is 3.58. The second-order valence-electron chi connectivity index (χ2n) is 5.19. The molecule has 0 saturated heterocycles. The number of fused-ring (bicyclic) bond motifs is 1. The summed E-state index contributed by atoms with van der Waals surface area (Å²) in [5.41, 5.74) is 2.28. The van der Waals surface area contributed by atoms with E-state index in [0.29, 0.717) is 0 Å². The smallest absolute Gasteiger partial charge is 0.0900 e. The van der Waals surface area contributed by atoms with Crippen LogP contribution in [0.15, 0.2) is 40.9 Å². The van der Waals surface area contributed by atoms with Crippen molar-refractivity contribution in [2.45, 2.75) is 26.8 Å². The fourth-order valence-corrected chi connectivity index (χ4v) is 4.04. The molecule has 1 unspecified atom stereocenters. The van der Waals surface area contributed by atoms with Gasteiger partial charge in [-0.05, 0) is 38.3 Å². The van der Waals surface area contributed by atoms with Gasteiger partial charge in [-0.25, -0.2) is 4.98 Å². The fourth-order valence-electron chi connectivity index (χ4n) is 2.64. The van der Waals surface area contributed by atoms with Gasteiger partial charge in [-0.2, -0.15) is 0 Å². The molecule has 2 nitrogen and oxygen atoms in total. The first-order valence-electron chi connectivity index (χ1n) is 6.94. The number of benzene rings is 2. The Morgan fingerprint density at radius 3 is 2.48 bits per heavy atom. The van der Waals surface area contributed by atoms with Crippen LogP contribution in [0.5, 0.6) is 0 Å². The van der Waals surface area contributed by atoms with E-state index in [-0.39, 0.29) is 6.04 Å². The molecule has 0 radical (unpaired) electrons. The minimum Gasteiger partial charge on any atom is -0.377 e. The van der Waals surface area contributed by atoms with Crippen molar-refractivity contribution in [1.82, 2.24) is 4.98 Å². The molecule has 2 aromatic carbocycles. The van der Waals surface area contributed by atoms with E-state index in [4.69, 9.17) is 0 Å². The highest BCUT2D eigenvalue weighted by Gasteiger charge is 2.14. The number of thiazole rings is 1. The summed E-state index contributed by atoms with van der Waals surface area (Å²) in [4.78, 5) is 5.83. The fraction of sp³-hybridized carbons (Fsp3) is 0.235. The Labute approximate surface area is 137 Å². The van der Waals surface area contributed by atoms with Gasteiger partial charge >= 0.3 is 0 Å². The van der Waals surface area contributed by atoms with Crippen LogP contribution < -0.4 is 5.32 Å². The lowest BCUT2D eigenvalue weighted by atomic mass is 10.1. The van der Waals surface area contributed by atoms with E-state index in [1.54, 1.807) is 11.3 Å². The number of rotatable bonds is 3. The molecule has 3 rings (SSSR count). The Hall–Kier alpha value is -1.39. The maximum absolute atomic E-state index is 4.52. The number of aryl methyl sites for hydroxylation is 2. The van der Waals surface area contributed by atoms with Crippen LogP contribution in [0.4, 0.5) is 5.69 Å². The molecule has 1 aromatic heterocycles. The Morgan fingerprint density at radius 1 is 1.10 bits per heavy atom. The summed E-state index contributed by atoms with van der Waals surface area (Å²) in [5.74, 6) is 0. The van der Waals surface area contributed by atoms with Crippen molar-refractivity contribution >= 4 is 43.7 Å². The summed E-state index contributed by atoms with van der Waals surface area (Å²) >= 11 is 5.39.